The van der Waals surface area contributed by atoms with Gasteiger partial charge in [-0.15, -0.1) is 0 Å². The maximum atomic E-state index is 12.8. The Morgan fingerprint density at radius 1 is 1.17 bits per heavy atom. The first-order chi connectivity index (χ1) is 14.1. The van der Waals surface area contributed by atoms with E-state index in [0.717, 1.165) is 27.9 Å². The molecule has 150 valence electrons. The Labute approximate surface area is 170 Å². The van der Waals surface area contributed by atoms with E-state index in [9.17, 15) is 9.59 Å². The number of nitrogens with one attached hydrogen (secondary N) is 1. The summed E-state index contributed by atoms with van der Waals surface area (Å²) in [5.74, 6) is 0.413. The molecule has 2 amide bonds. The van der Waals surface area contributed by atoms with Crippen molar-refractivity contribution in [1.29, 1.82) is 0 Å². The van der Waals surface area contributed by atoms with Crippen LogP contribution in [0.25, 0.3) is 10.9 Å². The third-order valence-electron chi connectivity index (χ3n) is 5.61. The highest BCUT2D eigenvalue weighted by Crippen LogP contribution is 2.26. The van der Waals surface area contributed by atoms with Crippen LogP contribution < -0.4 is 10.1 Å². The van der Waals surface area contributed by atoms with Gasteiger partial charge in [0.05, 0.1) is 18.7 Å². The van der Waals surface area contributed by atoms with Gasteiger partial charge in [0.25, 0.3) is 0 Å². The number of aryl methyl sites for hydroxylation is 1. The van der Waals surface area contributed by atoms with Crippen molar-refractivity contribution in [3.8, 4) is 5.75 Å². The first kappa shape index (κ1) is 19.1. The normalized spacial score (nSPS) is 16.4. The number of nitrogens with zero attached hydrogens (tertiary/aromatic N) is 2. The van der Waals surface area contributed by atoms with Gasteiger partial charge in [-0.3, -0.25) is 9.59 Å². The number of para-hydroxylation sites is 1. The minimum absolute atomic E-state index is 0.0259. The number of aromatic nitrogens is 1. The van der Waals surface area contributed by atoms with Crippen molar-refractivity contribution >= 4 is 28.4 Å². The van der Waals surface area contributed by atoms with Gasteiger partial charge >= 0.3 is 0 Å². The maximum absolute atomic E-state index is 12.8. The zero-order valence-electron chi connectivity index (χ0n) is 16.7. The third kappa shape index (κ3) is 3.83. The predicted octanol–water partition coefficient (Wildman–Crippen LogP) is 3.22. The zero-order chi connectivity index (χ0) is 20.4. The fourth-order valence-corrected chi connectivity index (χ4v) is 3.97. The number of carbonyl (C=O) groups is 2. The van der Waals surface area contributed by atoms with Crippen molar-refractivity contribution in [3.05, 3.63) is 60.3 Å². The van der Waals surface area contributed by atoms with Crippen molar-refractivity contribution in [2.75, 3.05) is 25.5 Å². The van der Waals surface area contributed by atoms with Crippen LogP contribution in [-0.4, -0.2) is 41.5 Å². The molecule has 0 radical (unpaired) electrons. The van der Waals surface area contributed by atoms with E-state index in [1.807, 2.05) is 66.3 Å². The molecule has 6 heteroatoms. The molecule has 1 aromatic heterocycles. The molecule has 1 N–H and O–H groups in total. The van der Waals surface area contributed by atoms with Crippen LogP contribution in [0.2, 0.25) is 0 Å². The van der Waals surface area contributed by atoms with E-state index >= 15 is 0 Å². The highest BCUT2D eigenvalue weighted by Gasteiger charge is 2.34. The van der Waals surface area contributed by atoms with Crippen LogP contribution in [0.4, 0.5) is 5.69 Å². The Hall–Kier alpha value is -3.28. The van der Waals surface area contributed by atoms with Crippen LogP contribution in [0.15, 0.2) is 54.7 Å². The summed E-state index contributed by atoms with van der Waals surface area (Å²) in [5.41, 5.74) is 2.91. The summed E-state index contributed by atoms with van der Waals surface area (Å²) in [6.45, 7) is 1.03. The SMILES string of the molecule is COc1ccccc1CCN1C[C@@H](C(=O)Nc2cccc3c2ccn3C)CC1=O. The fraction of sp³-hybridized carbons (Fsp3) is 0.304. The molecular weight excluding hydrogens is 366 g/mol. The van der Waals surface area contributed by atoms with Crippen molar-refractivity contribution in [2.24, 2.45) is 13.0 Å². The standard InChI is InChI=1S/C23H25N3O3/c1-25-12-11-18-19(7-5-8-20(18)25)24-23(28)17-14-22(27)26(15-17)13-10-16-6-3-4-9-21(16)29-2/h3-9,11-12,17H,10,13-15H2,1-2H3,(H,24,28)/t17-/m0/s1. The number of benzene rings is 2. The molecule has 1 fully saturated rings. The first-order valence-electron chi connectivity index (χ1n) is 9.81. The van der Waals surface area contributed by atoms with Gasteiger partial charge in [0, 0.05) is 43.7 Å². The first-order valence-corrected chi connectivity index (χ1v) is 9.81. The lowest BCUT2D eigenvalue weighted by molar-refractivity contribution is -0.128. The highest BCUT2D eigenvalue weighted by atomic mass is 16.5. The molecule has 6 nitrogen and oxygen atoms in total. The number of anilines is 1. The molecule has 0 saturated carbocycles. The lowest BCUT2D eigenvalue weighted by Gasteiger charge is -2.17. The number of hydrogen-bond acceptors (Lipinski definition) is 3. The van der Waals surface area contributed by atoms with Crippen LogP contribution >= 0.6 is 0 Å². The zero-order valence-corrected chi connectivity index (χ0v) is 16.7. The van der Waals surface area contributed by atoms with Crippen LogP contribution in [0.1, 0.15) is 12.0 Å². The largest absolute Gasteiger partial charge is 0.496 e. The Morgan fingerprint density at radius 3 is 2.83 bits per heavy atom. The van der Waals surface area contributed by atoms with E-state index in [1.54, 1.807) is 12.0 Å². The summed E-state index contributed by atoms with van der Waals surface area (Å²) in [7, 11) is 3.62. The molecule has 1 atom stereocenters. The van der Waals surface area contributed by atoms with E-state index < -0.39 is 0 Å². The second-order valence-corrected chi connectivity index (χ2v) is 7.46. The van der Waals surface area contributed by atoms with Gasteiger partial charge in [0.1, 0.15) is 5.75 Å². The number of methoxy groups -OCH3 is 1. The van der Waals surface area contributed by atoms with Gasteiger partial charge in [0.15, 0.2) is 0 Å². The molecule has 0 spiro atoms. The minimum atomic E-state index is -0.334. The molecule has 0 bridgehead atoms. The van der Waals surface area contributed by atoms with Gasteiger partial charge in [-0.2, -0.15) is 0 Å². The van der Waals surface area contributed by atoms with Gasteiger partial charge < -0.3 is 19.5 Å². The third-order valence-corrected chi connectivity index (χ3v) is 5.61. The van der Waals surface area contributed by atoms with Gasteiger partial charge in [-0.25, -0.2) is 0 Å². The Bertz CT molecular complexity index is 1060. The van der Waals surface area contributed by atoms with Crippen LogP contribution in [0, 0.1) is 5.92 Å². The average Bonchev–Trinajstić information content (AvgIpc) is 3.30. The summed E-state index contributed by atoms with van der Waals surface area (Å²) in [5, 5.41) is 4.02. The molecule has 2 heterocycles. The summed E-state index contributed by atoms with van der Waals surface area (Å²) in [6, 6.07) is 15.6. The molecular formula is C23H25N3O3. The molecule has 2 aromatic carbocycles. The number of hydrogen-bond donors (Lipinski definition) is 1. The van der Waals surface area contributed by atoms with E-state index in [4.69, 9.17) is 4.74 Å². The van der Waals surface area contributed by atoms with Crippen LogP contribution in [-0.2, 0) is 23.1 Å². The van der Waals surface area contributed by atoms with Crippen molar-refractivity contribution in [1.82, 2.24) is 9.47 Å². The minimum Gasteiger partial charge on any atom is -0.496 e. The number of likely N-dealkylation sites (tertiary alicyclic amines) is 1. The number of fused-ring (bicyclic) bond motifs is 1. The predicted molar refractivity (Wildman–Crippen MR) is 113 cm³/mol. The average molecular weight is 391 g/mol. The quantitative estimate of drug-likeness (QED) is 0.702. The fourth-order valence-electron chi connectivity index (χ4n) is 3.97. The summed E-state index contributed by atoms with van der Waals surface area (Å²) in [4.78, 5) is 27.0. The highest BCUT2D eigenvalue weighted by molar-refractivity contribution is 6.03. The van der Waals surface area contributed by atoms with Crippen molar-refractivity contribution in [3.63, 3.8) is 0 Å². The molecule has 1 aliphatic rings. The van der Waals surface area contributed by atoms with E-state index in [-0.39, 0.29) is 24.2 Å². The Balaban J connectivity index is 1.40. The number of rotatable bonds is 6. The van der Waals surface area contributed by atoms with Crippen molar-refractivity contribution in [2.45, 2.75) is 12.8 Å². The molecule has 1 aliphatic heterocycles. The molecule has 0 unspecified atom stereocenters. The van der Waals surface area contributed by atoms with Crippen LogP contribution in [0.3, 0.4) is 0 Å². The molecule has 4 rings (SSSR count). The Kier molecular flexibility index (Phi) is 5.25. The molecule has 1 saturated heterocycles. The molecule has 0 aliphatic carbocycles. The van der Waals surface area contributed by atoms with Gasteiger partial charge in [-0.05, 0) is 36.2 Å². The second kappa shape index (κ2) is 7.99. The Morgan fingerprint density at radius 2 is 2.00 bits per heavy atom. The molecule has 3 aromatic rings. The van der Waals surface area contributed by atoms with Crippen LogP contribution in [0.5, 0.6) is 5.75 Å². The van der Waals surface area contributed by atoms with Gasteiger partial charge in [-0.1, -0.05) is 24.3 Å². The second-order valence-electron chi connectivity index (χ2n) is 7.46. The van der Waals surface area contributed by atoms with E-state index in [2.05, 4.69) is 5.32 Å². The smallest absolute Gasteiger partial charge is 0.229 e. The topological polar surface area (TPSA) is 63.6 Å². The number of carbonyl (C=O) groups excluding carboxylic acids is 2. The monoisotopic (exact) mass is 391 g/mol. The van der Waals surface area contributed by atoms with E-state index in [1.165, 1.54) is 0 Å². The molecule has 29 heavy (non-hydrogen) atoms. The van der Waals surface area contributed by atoms with Crippen molar-refractivity contribution < 1.29 is 14.3 Å². The maximum Gasteiger partial charge on any atom is 0.229 e. The number of ether oxygens (including phenoxy) is 1. The number of amides is 2. The lowest BCUT2D eigenvalue weighted by atomic mass is 10.1. The summed E-state index contributed by atoms with van der Waals surface area (Å²) in [6.07, 6.45) is 2.93. The van der Waals surface area contributed by atoms with E-state index in [0.29, 0.717) is 19.5 Å². The summed E-state index contributed by atoms with van der Waals surface area (Å²) < 4.78 is 7.40. The van der Waals surface area contributed by atoms with Gasteiger partial charge in [0.2, 0.25) is 11.8 Å². The lowest BCUT2D eigenvalue weighted by Crippen LogP contribution is -2.30. The summed E-state index contributed by atoms with van der Waals surface area (Å²) >= 11 is 0.